The maximum Gasteiger partial charge on any atom is 0.348 e. The fraction of sp³-hybridized carbons (Fsp3) is 0.318. The quantitative estimate of drug-likeness (QED) is 0.413. The van der Waals surface area contributed by atoms with Gasteiger partial charge >= 0.3 is 17.9 Å². The minimum absolute atomic E-state index is 0.0134. The number of esters is 3. The van der Waals surface area contributed by atoms with Crippen molar-refractivity contribution in [3.05, 3.63) is 68.7 Å². The second-order valence-electron chi connectivity index (χ2n) is 7.71. The first-order valence-corrected chi connectivity index (χ1v) is 10.4. The predicted octanol–water partition coefficient (Wildman–Crippen LogP) is 5.74. The van der Waals surface area contributed by atoms with Crippen molar-refractivity contribution in [1.29, 1.82) is 0 Å². The maximum atomic E-state index is 12.6. The van der Waals surface area contributed by atoms with E-state index in [0.717, 1.165) is 5.56 Å². The molecule has 2 atom stereocenters. The van der Waals surface area contributed by atoms with Crippen LogP contribution in [-0.4, -0.2) is 17.9 Å². The van der Waals surface area contributed by atoms with Gasteiger partial charge in [-0.1, -0.05) is 79.0 Å². The smallest absolute Gasteiger partial charge is 0.348 e. The largest absolute Gasteiger partial charge is 0.461 e. The average Bonchev–Trinajstić information content (AvgIpc) is 2.65. The minimum atomic E-state index is -0.961. The lowest BCUT2D eigenvalue weighted by molar-refractivity contribution is -0.176. The van der Waals surface area contributed by atoms with E-state index in [1.807, 2.05) is 30.3 Å². The molecule has 2 aromatic carbocycles. The van der Waals surface area contributed by atoms with Gasteiger partial charge in [0.1, 0.15) is 6.61 Å². The molecule has 2 aromatic rings. The third-order valence-corrected chi connectivity index (χ3v) is 6.28. The Morgan fingerprint density at radius 3 is 2.10 bits per heavy atom. The lowest BCUT2D eigenvalue weighted by Crippen LogP contribution is -2.53. The SMILES string of the molecule is CC1(C)C(C(=O)OCc2ccccc2)CC1C(=O)OC(=O)c1c(Cl)cc(Cl)cc1Cl. The molecular weight excluding hydrogens is 451 g/mol. The lowest BCUT2D eigenvalue weighted by atomic mass is 9.54. The van der Waals surface area contributed by atoms with E-state index in [1.54, 1.807) is 13.8 Å². The van der Waals surface area contributed by atoms with E-state index >= 15 is 0 Å². The summed E-state index contributed by atoms with van der Waals surface area (Å²) in [5.41, 5.74) is 0.0203. The zero-order chi connectivity index (χ0) is 22.1. The maximum absolute atomic E-state index is 12.6. The van der Waals surface area contributed by atoms with Crippen LogP contribution < -0.4 is 0 Å². The van der Waals surface area contributed by atoms with E-state index in [2.05, 4.69) is 0 Å². The number of hydrogen-bond donors (Lipinski definition) is 0. The molecule has 2 unspecified atom stereocenters. The number of carbonyl (C=O) groups is 3. The number of ether oxygens (including phenoxy) is 2. The van der Waals surface area contributed by atoms with Gasteiger partial charge in [0.15, 0.2) is 0 Å². The molecule has 0 amide bonds. The van der Waals surface area contributed by atoms with Crippen molar-refractivity contribution in [2.24, 2.45) is 17.3 Å². The predicted molar refractivity (Wildman–Crippen MR) is 114 cm³/mol. The first-order valence-electron chi connectivity index (χ1n) is 9.22. The molecular formula is C22H19Cl3O5. The summed E-state index contributed by atoms with van der Waals surface area (Å²) in [7, 11) is 0. The van der Waals surface area contributed by atoms with E-state index in [4.69, 9.17) is 44.3 Å². The Balaban J connectivity index is 1.60. The number of carbonyl (C=O) groups excluding carboxylic acids is 3. The van der Waals surface area contributed by atoms with Crippen LogP contribution in [0.15, 0.2) is 42.5 Å². The van der Waals surface area contributed by atoms with Crippen molar-refractivity contribution in [2.45, 2.75) is 26.9 Å². The van der Waals surface area contributed by atoms with Crippen LogP contribution in [0.5, 0.6) is 0 Å². The number of hydrogen-bond acceptors (Lipinski definition) is 5. The third-order valence-electron chi connectivity index (χ3n) is 5.46. The van der Waals surface area contributed by atoms with Gasteiger partial charge < -0.3 is 9.47 Å². The van der Waals surface area contributed by atoms with Crippen molar-refractivity contribution < 1.29 is 23.9 Å². The number of halogens is 3. The van der Waals surface area contributed by atoms with Crippen molar-refractivity contribution >= 4 is 52.7 Å². The molecule has 30 heavy (non-hydrogen) atoms. The van der Waals surface area contributed by atoms with Gasteiger partial charge in [-0.2, -0.15) is 0 Å². The zero-order valence-electron chi connectivity index (χ0n) is 16.3. The molecule has 0 heterocycles. The summed E-state index contributed by atoms with van der Waals surface area (Å²) >= 11 is 17.8. The highest BCUT2D eigenvalue weighted by molar-refractivity contribution is 6.42. The van der Waals surface area contributed by atoms with Gasteiger partial charge in [0.2, 0.25) is 0 Å². The van der Waals surface area contributed by atoms with Gasteiger partial charge in [-0.15, -0.1) is 0 Å². The van der Waals surface area contributed by atoms with Gasteiger partial charge in [0.25, 0.3) is 0 Å². The van der Waals surface area contributed by atoms with E-state index in [0.29, 0.717) is 0 Å². The summed E-state index contributed by atoms with van der Waals surface area (Å²) in [5, 5.41) is 0.228. The van der Waals surface area contributed by atoms with Crippen molar-refractivity contribution in [3.8, 4) is 0 Å². The minimum Gasteiger partial charge on any atom is -0.461 e. The second kappa shape index (κ2) is 8.96. The van der Waals surface area contributed by atoms with Gasteiger partial charge in [-0.3, -0.25) is 9.59 Å². The Kier molecular flexibility index (Phi) is 6.75. The summed E-state index contributed by atoms with van der Waals surface area (Å²) in [6.45, 7) is 3.70. The Morgan fingerprint density at radius 2 is 1.53 bits per heavy atom. The molecule has 0 bridgehead atoms. The van der Waals surface area contributed by atoms with E-state index in [1.165, 1.54) is 12.1 Å². The molecule has 0 spiro atoms. The molecule has 1 aliphatic rings. The van der Waals surface area contributed by atoms with E-state index in [9.17, 15) is 14.4 Å². The summed E-state index contributed by atoms with van der Waals surface area (Å²) in [5.74, 6) is -3.20. The van der Waals surface area contributed by atoms with Crippen LogP contribution in [-0.2, 0) is 25.7 Å². The molecule has 8 heteroatoms. The first kappa shape index (κ1) is 22.6. The molecule has 3 rings (SSSR count). The normalized spacial score (nSPS) is 19.5. The summed E-state index contributed by atoms with van der Waals surface area (Å²) in [6, 6.07) is 12.0. The van der Waals surface area contributed by atoms with Crippen LogP contribution in [0, 0.1) is 17.3 Å². The highest BCUT2D eigenvalue weighted by Crippen LogP contribution is 2.52. The Morgan fingerprint density at radius 1 is 0.967 bits per heavy atom. The molecule has 0 aliphatic heterocycles. The van der Waals surface area contributed by atoms with Gasteiger partial charge in [-0.05, 0) is 29.5 Å². The Bertz CT molecular complexity index is 965. The molecule has 0 saturated heterocycles. The van der Waals surface area contributed by atoms with E-state index < -0.39 is 29.2 Å². The average molecular weight is 470 g/mol. The van der Waals surface area contributed by atoms with Crippen LogP contribution in [0.25, 0.3) is 0 Å². The highest BCUT2D eigenvalue weighted by atomic mass is 35.5. The summed E-state index contributed by atoms with van der Waals surface area (Å²) in [6.07, 6.45) is 0.231. The topological polar surface area (TPSA) is 69.7 Å². The van der Waals surface area contributed by atoms with Gasteiger partial charge in [0, 0.05) is 5.02 Å². The van der Waals surface area contributed by atoms with Gasteiger partial charge in [0.05, 0.1) is 27.4 Å². The molecule has 158 valence electrons. The van der Waals surface area contributed by atoms with Crippen LogP contribution in [0.1, 0.15) is 36.2 Å². The Hall–Kier alpha value is -2.08. The van der Waals surface area contributed by atoms with Crippen LogP contribution in [0.2, 0.25) is 15.1 Å². The van der Waals surface area contributed by atoms with Crippen LogP contribution >= 0.6 is 34.8 Å². The van der Waals surface area contributed by atoms with E-state index in [-0.39, 0.29) is 39.6 Å². The standard InChI is InChI=1S/C22H19Cl3O5/c1-22(2)14(19(26)29-11-12-6-4-3-5-7-12)10-15(22)20(27)30-21(28)18-16(24)8-13(23)9-17(18)25/h3-9,14-15H,10-11H2,1-2H3. The van der Waals surface area contributed by atoms with Crippen LogP contribution in [0.4, 0.5) is 0 Å². The summed E-state index contributed by atoms with van der Waals surface area (Å²) in [4.78, 5) is 37.4. The molecule has 0 radical (unpaired) electrons. The zero-order valence-corrected chi connectivity index (χ0v) is 18.6. The lowest BCUT2D eigenvalue weighted by Gasteiger charge is -2.48. The van der Waals surface area contributed by atoms with Crippen molar-refractivity contribution in [1.82, 2.24) is 0 Å². The van der Waals surface area contributed by atoms with Gasteiger partial charge in [-0.25, -0.2) is 4.79 Å². The second-order valence-corrected chi connectivity index (χ2v) is 8.96. The summed E-state index contributed by atoms with van der Waals surface area (Å²) < 4.78 is 10.4. The number of rotatable bonds is 5. The fourth-order valence-electron chi connectivity index (χ4n) is 3.51. The molecule has 0 aromatic heterocycles. The molecule has 1 aliphatic carbocycles. The highest BCUT2D eigenvalue weighted by Gasteiger charge is 2.56. The molecule has 0 N–H and O–H groups in total. The number of benzene rings is 2. The molecule has 5 nitrogen and oxygen atoms in total. The van der Waals surface area contributed by atoms with Crippen LogP contribution in [0.3, 0.4) is 0 Å². The van der Waals surface area contributed by atoms with Crippen molar-refractivity contribution in [3.63, 3.8) is 0 Å². The molecule has 1 fully saturated rings. The first-order chi connectivity index (χ1) is 14.1. The molecule has 1 saturated carbocycles. The third kappa shape index (κ3) is 4.64. The van der Waals surface area contributed by atoms with Crippen molar-refractivity contribution in [2.75, 3.05) is 0 Å². The monoisotopic (exact) mass is 468 g/mol. The fourth-order valence-corrected chi connectivity index (χ4v) is 4.48. The Labute approximate surface area is 189 Å².